The second-order valence-electron chi connectivity index (χ2n) is 12.6. The van der Waals surface area contributed by atoms with Gasteiger partial charge in [0, 0.05) is 80.7 Å². The first-order chi connectivity index (χ1) is 28.3. The largest absolute Gasteiger partial charge is 0.439 e. The number of halogens is 2. The third-order valence-electron chi connectivity index (χ3n) is 7.73. The monoisotopic (exact) mass is 820 g/mol. The van der Waals surface area contributed by atoms with Gasteiger partial charge >= 0.3 is 7.60 Å². The Balaban J connectivity index is 0.000000178. The molecule has 0 bridgehead atoms. The first-order valence-electron chi connectivity index (χ1n) is 17.5. The van der Waals surface area contributed by atoms with Crippen LogP contribution in [0.1, 0.15) is 22.5 Å². The van der Waals surface area contributed by atoms with Crippen molar-refractivity contribution in [3.05, 3.63) is 168 Å². The maximum absolute atomic E-state index is 13.2. The van der Waals surface area contributed by atoms with E-state index in [9.17, 15) is 13.3 Å². The lowest BCUT2D eigenvalue weighted by atomic mass is 10.1. The summed E-state index contributed by atoms with van der Waals surface area (Å²) in [6, 6.07) is 29.9. The minimum absolute atomic E-state index is 0.361. The van der Waals surface area contributed by atoms with Crippen molar-refractivity contribution >= 4 is 19.2 Å². The molecule has 59 heavy (non-hydrogen) atoms. The van der Waals surface area contributed by atoms with Crippen LogP contribution < -0.4 is 20.9 Å². The number of nitrogen functional groups attached to an aromatic ring is 2. The molecule has 0 saturated heterocycles. The molecule has 8 rings (SSSR count). The third-order valence-corrected chi connectivity index (χ3v) is 7.73. The van der Waals surface area contributed by atoms with Crippen LogP contribution in [0.15, 0.2) is 143 Å². The Morgan fingerprint density at radius 1 is 0.610 bits per heavy atom. The van der Waals surface area contributed by atoms with Crippen LogP contribution in [-0.4, -0.2) is 46.7 Å². The van der Waals surface area contributed by atoms with E-state index < -0.39 is 7.60 Å². The van der Waals surface area contributed by atoms with Gasteiger partial charge in [-0.2, -0.15) is 0 Å². The molecule has 8 aromatic rings. The number of nitrogens with two attached hydrogens (primary N) is 2. The summed E-state index contributed by atoms with van der Waals surface area (Å²) in [6.45, 7) is 0.854. The number of aromatic nitrogens is 6. The molecule has 0 aliphatic heterocycles. The zero-order valence-corrected chi connectivity index (χ0v) is 32.0. The lowest BCUT2D eigenvalue weighted by Gasteiger charge is -2.05. The van der Waals surface area contributed by atoms with Crippen LogP contribution in [0.25, 0.3) is 22.6 Å². The first kappa shape index (κ1) is 41.3. The van der Waals surface area contributed by atoms with Crippen molar-refractivity contribution < 1.29 is 41.7 Å². The smallest absolute Gasteiger partial charge is 0.322 e. The molecule has 300 valence electrons. The summed E-state index contributed by atoms with van der Waals surface area (Å²) in [4.78, 5) is 31.8. The van der Waals surface area contributed by atoms with E-state index in [-0.39, 0.29) is 11.6 Å². The van der Waals surface area contributed by atoms with Gasteiger partial charge in [-0.1, -0.05) is 34.6 Å². The van der Waals surface area contributed by atoms with Gasteiger partial charge in [0.25, 0.3) is 0 Å². The molecule has 0 radical (unpaired) electrons. The molecule has 0 saturated carbocycles. The van der Waals surface area contributed by atoms with E-state index in [2.05, 4.69) is 30.2 Å². The molecule has 6 aromatic heterocycles. The van der Waals surface area contributed by atoms with Crippen molar-refractivity contribution in [1.82, 2.24) is 30.2 Å². The molecule has 6 N–H and O–H groups in total. The first-order valence-corrected chi connectivity index (χ1v) is 19.5. The number of nitrogens with zero attached hydrogens (tertiary/aromatic N) is 6. The molecule has 15 nitrogen and oxygen atoms in total. The summed E-state index contributed by atoms with van der Waals surface area (Å²) < 4.78 is 57.5. The average Bonchev–Trinajstić information content (AvgIpc) is 3.86. The predicted molar refractivity (Wildman–Crippen MR) is 213 cm³/mol. The number of benzene rings is 2. The van der Waals surface area contributed by atoms with Gasteiger partial charge in [-0.25, -0.2) is 28.7 Å². The number of rotatable bonds is 10. The topological polar surface area (TPSA) is 232 Å². The summed E-state index contributed by atoms with van der Waals surface area (Å²) >= 11 is 0. The molecular weight excluding hydrogens is 785 g/mol. The van der Waals surface area contributed by atoms with Gasteiger partial charge in [-0.3, -0.25) is 4.57 Å². The number of ether oxygens (including phenoxy) is 2. The summed E-state index contributed by atoms with van der Waals surface area (Å²) in [7, 11) is -3.64. The summed E-state index contributed by atoms with van der Waals surface area (Å²) in [5, 5.41) is 8.14. The highest BCUT2D eigenvalue weighted by atomic mass is 31.2. The third kappa shape index (κ3) is 12.8. The van der Waals surface area contributed by atoms with Crippen molar-refractivity contribution in [2.24, 2.45) is 0 Å². The molecule has 0 amide bonds. The van der Waals surface area contributed by atoms with Crippen molar-refractivity contribution in [3.63, 3.8) is 0 Å². The zero-order chi connectivity index (χ0) is 41.8. The Labute approximate surface area is 335 Å². The van der Waals surface area contributed by atoms with Gasteiger partial charge in [-0.05, 0) is 59.7 Å². The van der Waals surface area contributed by atoms with Gasteiger partial charge in [0.2, 0.25) is 11.8 Å². The van der Waals surface area contributed by atoms with E-state index in [1.165, 1.54) is 24.3 Å². The van der Waals surface area contributed by atoms with Crippen LogP contribution in [0.3, 0.4) is 0 Å². The van der Waals surface area contributed by atoms with Crippen LogP contribution >= 0.6 is 7.60 Å². The predicted octanol–water partition coefficient (Wildman–Crippen LogP) is 8.27. The van der Waals surface area contributed by atoms with Crippen LogP contribution in [-0.2, 0) is 17.4 Å². The van der Waals surface area contributed by atoms with Gasteiger partial charge in [0.1, 0.15) is 34.8 Å². The van der Waals surface area contributed by atoms with E-state index in [0.29, 0.717) is 70.4 Å². The van der Waals surface area contributed by atoms with Gasteiger partial charge < -0.3 is 39.8 Å². The highest BCUT2D eigenvalue weighted by Crippen LogP contribution is 2.28. The van der Waals surface area contributed by atoms with Gasteiger partial charge in [0.15, 0.2) is 11.5 Å². The molecule has 0 aliphatic carbocycles. The molecule has 6 heterocycles. The van der Waals surface area contributed by atoms with Gasteiger partial charge in [0.05, 0.1) is 22.5 Å². The van der Waals surface area contributed by atoms with Crippen molar-refractivity contribution in [3.8, 4) is 45.9 Å². The maximum Gasteiger partial charge on any atom is 0.322 e. The Bertz CT molecular complexity index is 2480. The Hall–Kier alpha value is -7.33. The van der Waals surface area contributed by atoms with Crippen LogP contribution in [0, 0.1) is 11.6 Å². The second-order valence-corrected chi connectivity index (χ2v) is 14.2. The van der Waals surface area contributed by atoms with Crippen LogP contribution in [0.2, 0.25) is 0 Å². The normalized spacial score (nSPS) is 10.8. The fourth-order valence-corrected chi connectivity index (χ4v) is 5.17. The molecule has 18 heteroatoms. The molecule has 0 atom stereocenters. The summed E-state index contributed by atoms with van der Waals surface area (Å²) in [5.74, 6) is 2.74. The fraction of sp³-hybridized carbons (Fsp3) is 0.0732. The Morgan fingerprint density at radius 3 is 1.39 bits per heavy atom. The number of anilines is 2. The highest BCUT2D eigenvalue weighted by molar-refractivity contribution is 7.50. The summed E-state index contributed by atoms with van der Waals surface area (Å²) in [6.07, 6.45) is 7.68. The van der Waals surface area contributed by atoms with Gasteiger partial charge in [-0.15, -0.1) is 0 Å². The maximum atomic E-state index is 13.2. The number of hydrogen-bond donors (Lipinski definition) is 4. The van der Waals surface area contributed by atoms with Crippen molar-refractivity contribution in [2.75, 3.05) is 18.1 Å². The standard InChI is InChI=1S/2C20H15FN4O2.CH5O3P/c2*21-14-3-1-4-16(10-14)26-19-7-6-13(12-24-19)9-15-11-18(27-25-15)17-5-2-8-23-20(17)22;1-5(2,3)4/h2*1-8,10-12H,9H2,(H2,22,23);1H3,(H2,2,3,4). The summed E-state index contributed by atoms with van der Waals surface area (Å²) in [5.41, 5.74) is 16.5. The molecule has 2 aromatic carbocycles. The quantitative estimate of drug-likeness (QED) is 0.0951. The fourth-order valence-electron chi connectivity index (χ4n) is 5.17. The van der Waals surface area contributed by atoms with Crippen LogP contribution in [0.4, 0.5) is 20.4 Å². The molecule has 0 spiro atoms. The van der Waals surface area contributed by atoms with E-state index >= 15 is 0 Å². The second kappa shape index (κ2) is 19.2. The Kier molecular flexibility index (Phi) is 13.4. The molecular formula is C41H35F2N8O7P. The lowest BCUT2D eigenvalue weighted by Crippen LogP contribution is -1.93. The van der Waals surface area contributed by atoms with E-state index in [1.54, 1.807) is 73.3 Å². The molecule has 0 aliphatic rings. The number of hydrogen-bond acceptors (Lipinski definition) is 13. The minimum atomic E-state index is -3.64. The lowest BCUT2D eigenvalue weighted by molar-refractivity contribution is 0.381. The molecule has 0 unspecified atom stereocenters. The number of pyridine rings is 4. The zero-order valence-electron chi connectivity index (χ0n) is 31.1. The van der Waals surface area contributed by atoms with E-state index in [4.69, 9.17) is 39.8 Å². The van der Waals surface area contributed by atoms with E-state index in [0.717, 1.165) is 29.2 Å². The minimum Gasteiger partial charge on any atom is -0.439 e. The average molecular weight is 821 g/mol. The highest BCUT2D eigenvalue weighted by Gasteiger charge is 2.13. The van der Waals surface area contributed by atoms with Crippen molar-refractivity contribution in [1.29, 1.82) is 0 Å². The van der Waals surface area contributed by atoms with Crippen molar-refractivity contribution in [2.45, 2.75) is 12.8 Å². The molecule has 0 fully saturated rings. The SMILES string of the molecule is CP(=O)(O)O.Nc1ncccc1-c1cc(Cc2ccc(Oc3cccc(F)c3)nc2)no1.Nc1ncccc1-c1cc(Cc2ccc(Oc3cccc(F)c3)nc2)no1. The van der Waals surface area contributed by atoms with E-state index in [1.807, 2.05) is 36.4 Å². The Morgan fingerprint density at radius 2 is 1.03 bits per heavy atom. The van der Waals surface area contributed by atoms with Crippen LogP contribution in [0.5, 0.6) is 23.3 Å².